The largest absolute Gasteiger partial charge is 0.508 e. The topological polar surface area (TPSA) is 355 Å². The highest BCUT2D eigenvalue weighted by Crippen LogP contribution is 2.25. The number of unbranched alkanes of at least 4 members (excludes halogenated alkanes) is 1. The van der Waals surface area contributed by atoms with Crippen LogP contribution in [0.15, 0.2) is 97.2 Å². The second-order valence-corrected chi connectivity index (χ2v) is 22.0. The van der Waals surface area contributed by atoms with Gasteiger partial charge < -0.3 is 69.6 Å². The van der Waals surface area contributed by atoms with Crippen molar-refractivity contribution >= 4 is 90.5 Å². The molecule has 0 spiro atoms. The highest BCUT2D eigenvalue weighted by molar-refractivity contribution is 8.76. The lowest BCUT2D eigenvalue weighted by Gasteiger charge is -2.29. The molecule has 0 aliphatic carbocycles. The van der Waals surface area contributed by atoms with Crippen LogP contribution in [0, 0.1) is 5.92 Å². The van der Waals surface area contributed by atoms with E-state index >= 15 is 0 Å². The van der Waals surface area contributed by atoms with E-state index in [1.54, 1.807) is 32.2 Å². The molecular formula is C54H69N11O10S2. The van der Waals surface area contributed by atoms with Crippen LogP contribution in [0.3, 0.4) is 0 Å². The van der Waals surface area contributed by atoms with Crippen LogP contribution in [0.2, 0.25) is 0 Å². The fourth-order valence-corrected chi connectivity index (χ4v) is 11.0. The Labute approximate surface area is 453 Å². The number of aromatic nitrogens is 1. The van der Waals surface area contributed by atoms with Crippen LogP contribution in [0.25, 0.3) is 21.7 Å². The molecule has 2 unspecified atom stereocenters. The first kappa shape index (κ1) is 59.1. The molecule has 0 saturated carbocycles. The minimum atomic E-state index is -1.55. The van der Waals surface area contributed by atoms with Crippen LogP contribution in [0.1, 0.15) is 56.7 Å². The summed E-state index contributed by atoms with van der Waals surface area (Å²) in [6.07, 6.45) is 1.05. The smallest absolute Gasteiger partial charge is 0.244 e. The molecule has 16 N–H and O–H groups in total. The highest BCUT2D eigenvalue weighted by Gasteiger charge is 2.36. The standard InChI is InChI=1S/C54H69N11O10S2/c1-29(2)45-54(75)63-44(53(74)65-46(30(3)66)47(57)68)28-77-76-27-43(62-48(69)38(56)23-32-15-18-33-10-4-5-11-34(33)22-32)52(73)60-41(24-31-16-19-36(67)20-17-31)50(71)61-42(25-35-26-58-39-13-7-6-12-37(35)39)51(72)59-40(49(70)64-45)14-8-9-21-55/h4-7,10-13,15-20,22,26,29-30,38,40-46,58,66-67H,8-9,14,21,23-25,27-28,55-56H2,1-3H3,(H2,57,68)(H,59,72)(H,60,73)(H,61,71)(H,62,69)(H,63,75)(H,64,70)(H,65,74)/t30-,38-,40+,41?,42-,43+,44+,45?,46+/m1/s1. The quantitative estimate of drug-likeness (QED) is 0.0453. The van der Waals surface area contributed by atoms with Gasteiger partial charge in [0.2, 0.25) is 47.3 Å². The number of para-hydroxylation sites is 1. The number of hydrogen-bond acceptors (Lipinski definition) is 14. The number of nitrogens with two attached hydrogens (primary N) is 3. The Balaban J connectivity index is 1.39. The van der Waals surface area contributed by atoms with Crippen molar-refractivity contribution in [1.82, 2.24) is 42.2 Å². The molecule has 6 rings (SSSR count). The third-order valence-corrected chi connectivity index (χ3v) is 15.5. The van der Waals surface area contributed by atoms with Gasteiger partial charge in [-0.1, -0.05) is 108 Å². The zero-order valence-electron chi connectivity index (χ0n) is 43.1. The maximum atomic E-state index is 14.9. The summed E-state index contributed by atoms with van der Waals surface area (Å²) in [5, 5.41) is 42.1. The Morgan fingerprint density at radius 3 is 2.03 bits per heavy atom. The normalized spacial score (nSPS) is 21.6. The lowest BCUT2D eigenvalue weighted by Crippen LogP contribution is -2.62. The number of H-pyrrole nitrogens is 1. The maximum Gasteiger partial charge on any atom is 0.244 e. The number of carbonyl (C=O) groups is 8. The predicted octanol–water partition coefficient (Wildman–Crippen LogP) is 0.822. The number of benzene rings is 4. The van der Waals surface area contributed by atoms with Gasteiger partial charge in [-0.3, -0.25) is 38.4 Å². The second-order valence-electron chi connectivity index (χ2n) is 19.4. The number of aromatic hydroxyl groups is 1. The Hall–Kier alpha value is -7.18. The Kier molecular flexibility index (Phi) is 21.7. The maximum absolute atomic E-state index is 14.9. The lowest BCUT2D eigenvalue weighted by molar-refractivity contribution is -0.136. The van der Waals surface area contributed by atoms with E-state index < -0.39 is 108 Å². The fraction of sp³-hybridized carbons (Fsp3) is 0.407. The zero-order chi connectivity index (χ0) is 55.8. The van der Waals surface area contributed by atoms with E-state index in [1.807, 2.05) is 66.7 Å². The summed E-state index contributed by atoms with van der Waals surface area (Å²) >= 11 is 0. The average Bonchev–Trinajstić information content (AvgIpc) is 3.81. The van der Waals surface area contributed by atoms with Gasteiger partial charge in [0.15, 0.2) is 0 Å². The van der Waals surface area contributed by atoms with Gasteiger partial charge in [0.05, 0.1) is 12.1 Å². The van der Waals surface area contributed by atoms with Crippen molar-refractivity contribution in [3.05, 3.63) is 114 Å². The van der Waals surface area contributed by atoms with Crippen molar-refractivity contribution in [3.8, 4) is 5.75 Å². The molecule has 1 aromatic heterocycles. The third kappa shape index (κ3) is 16.9. The summed E-state index contributed by atoms with van der Waals surface area (Å²) in [7, 11) is 2.03. The van der Waals surface area contributed by atoms with Gasteiger partial charge in [-0.2, -0.15) is 0 Å². The lowest BCUT2D eigenvalue weighted by atomic mass is 10.00. The van der Waals surface area contributed by atoms with Gasteiger partial charge >= 0.3 is 0 Å². The molecule has 1 saturated heterocycles. The summed E-state index contributed by atoms with van der Waals surface area (Å²) in [6.45, 7) is 4.85. The minimum absolute atomic E-state index is 0.0501. The number of amides is 8. The van der Waals surface area contributed by atoms with Crippen LogP contribution in [-0.4, -0.2) is 135 Å². The Bertz CT molecular complexity index is 2890. The van der Waals surface area contributed by atoms with Crippen LogP contribution in [0.4, 0.5) is 0 Å². The molecule has 9 atom stereocenters. The molecule has 2 heterocycles. The molecule has 4 aromatic carbocycles. The first-order valence-corrected chi connectivity index (χ1v) is 27.9. The number of phenols is 1. The molecule has 0 bridgehead atoms. The average molecular weight is 1100 g/mol. The molecule has 412 valence electrons. The summed E-state index contributed by atoms with van der Waals surface area (Å²) in [5.41, 5.74) is 20.5. The number of nitrogens with one attached hydrogen (secondary N) is 8. The van der Waals surface area contributed by atoms with E-state index in [0.29, 0.717) is 24.0 Å². The molecule has 23 heteroatoms. The SMILES string of the molecule is CC(C)C1NC(=O)[C@H](CCCCN)NC(=O)[C@@H](Cc2c[nH]c3ccccc23)NC(=O)C(Cc2ccc(O)cc2)NC(=O)[C@@H](NC(=O)[C@H](N)Cc2ccc3ccccc3c2)CSSC[C@@H](C(=O)N[C@H](C(N)=O)[C@@H](C)O)NC1=O. The number of aromatic amines is 1. The monoisotopic (exact) mass is 1100 g/mol. The number of phenolic OH excluding ortho intramolecular Hbond substituents is 1. The third-order valence-electron chi connectivity index (χ3n) is 13.1. The summed E-state index contributed by atoms with van der Waals surface area (Å²) in [4.78, 5) is 116. The number of aliphatic hydroxyl groups is 1. The van der Waals surface area contributed by atoms with Crippen LogP contribution in [-0.2, 0) is 57.6 Å². The molecule has 1 fully saturated rings. The predicted molar refractivity (Wildman–Crippen MR) is 296 cm³/mol. The molecule has 1 aliphatic rings. The van der Waals surface area contributed by atoms with Gasteiger partial charge in [-0.25, -0.2) is 0 Å². The van der Waals surface area contributed by atoms with Gasteiger partial charge in [-0.15, -0.1) is 0 Å². The van der Waals surface area contributed by atoms with Crippen molar-refractivity contribution in [2.45, 2.75) is 114 Å². The second kappa shape index (κ2) is 28.3. The van der Waals surface area contributed by atoms with Crippen LogP contribution < -0.4 is 54.4 Å². The Morgan fingerprint density at radius 2 is 1.34 bits per heavy atom. The molecule has 21 nitrogen and oxygen atoms in total. The van der Waals surface area contributed by atoms with Gasteiger partial charge in [0.25, 0.3) is 0 Å². The van der Waals surface area contributed by atoms with E-state index in [-0.39, 0.29) is 49.5 Å². The summed E-state index contributed by atoms with van der Waals surface area (Å²) in [5.74, 6) is -7.66. The van der Waals surface area contributed by atoms with E-state index in [4.69, 9.17) is 17.2 Å². The number of primary amides is 1. The number of carbonyl (C=O) groups excluding carboxylic acids is 8. The molecule has 0 radical (unpaired) electrons. The van der Waals surface area contributed by atoms with Gasteiger partial charge in [0.1, 0.15) is 48.0 Å². The van der Waals surface area contributed by atoms with Crippen LogP contribution in [0.5, 0.6) is 5.75 Å². The van der Waals surface area contributed by atoms with E-state index in [9.17, 15) is 48.6 Å². The van der Waals surface area contributed by atoms with Gasteiger partial charge in [0, 0.05) is 41.4 Å². The molecule has 1 aliphatic heterocycles. The first-order chi connectivity index (χ1) is 36.8. The summed E-state index contributed by atoms with van der Waals surface area (Å²) < 4.78 is 0. The molecular weight excluding hydrogens is 1030 g/mol. The highest BCUT2D eigenvalue weighted by atomic mass is 33.1. The van der Waals surface area contributed by atoms with Crippen molar-refractivity contribution in [2.24, 2.45) is 23.1 Å². The summed E-state index contributed by atoms with van der Waals surface area (Å²) in [6, 6.07) is 15.8. The minimum Gasteiger partial charge on any atom is -0.508 e. The number of hydrogen-bond donors (Lipinski definition) is 13. The molecule has 77 heavy (non-hydrogen) atoms. The Morgan fingerprint density at radius 1 is 0.714 bits per heavy atom. The molecule has 5 aromatic rings. The first-order valence-electron chi connectivity index (χ1n) is 25.4. The van der Waals surface area contributed by atoms with Crippen molar-refractivity contribution < 1.29 is 48.6 Å². The van der Waals surface area contributed by atoms with Gasteiger partial charge in [-0.05, 0) is 90.7 Å². The number of aliphatic hydroxyl groups excluding tert-OH is 1. The van der Waals surface area contributed by atoms with E-state index in [1.165, 1.54) is 19.1 Å². The van der Waals surface area contributed by atoms with E-state index in [0.717, 1.165) is 48.8 Å². The number of fused-ring (bicyclic) bond motifs is 2. The van der Waals surface area contributed by atoms with Crippen molar-refractivity contribution in [1.29, 1.82) is 0 Å². The van der Waals surface area contributed by atoms with Crippen molar-refractivity contribution in [3.63, 3.8) is 0 Å². The van der Waals surface area contributed by atoms with Crippen molar-refractivity contribution in [2.75, 3.05) is 18.1 Å². The zero-order valence-corrected chi connectivity index (χ0v) is 44.7. The van der Waals surface area contributed by atoms with Crippen LogP contribution >= 0.6 is 21.6 Å². The number of rotatable bonds is 17. The fourth-order valence-electron chi connectivity index (χ4n) is 8.71. The molecule has 8 amide bonds. The van der Waals surface area contributed by atoms with E-state index in [2.05, 4.69) is 42.2 Å².